The molecule has 1 aromatic carbocycles. The Morgan fingerprint density at radius 3 is 2.34 bits per heavy atom. The predicted octanol–water partition coefficient (Wildman–Crippen LogP) is 5.66. The molecular formula is C26H24ClN5O3. The Morgan fingerprint density at radius 2 is 1.69 bits per heavy atom. The molecular weight excluding hydrogens is 466 g/mol. The van der Waals surface area contributed by atoms with Crippen LogP contribution >= 0.6 is 11.6 Å². The number of hydrogen-bond donors (Lipinski definition) is 2. The molecule has 0 amide bonds. The Bertz CT molecular complexity index is 1300. The van der Waals surface area contributed by atoms with Gasteiger partial charge in [-0.3, -0.25) is 9.78 Å². The summed E-state index contributed by atoms with van der Waals surface area (Å²) in [4.78, 5) is 23.1. The highest BCUT2D eigenvalue weighted by atomic mass is 35.5. The zero-order chi connectivity index (χ0) is 24.2. The third kappa shape index (κ3) is 5.66. The van der Waals surface area contributed by atoms with E-state index in [1.54, 1.807) is 12.4 Å². The Hall–Kier alpha value is -3.78. The van der Waals surface area contributed by atoms with Crippen LogP contribution in [0, 0.1) is 5.92 Å². The van der Waals surface area contributed by atoms with E-state index >= 15 is 0 Å². The predicted molar refractivity (Wildman–Crippen MR) is 132 cm³/mol. The molecule has 1 aliphatic rings. The summed E-state index contributed by atoms with van der Waals surface area (Å²) in [6, 6.07) is 15.1. The summed E-state index contributed by atoms with van der Waals surface area (Å²) in [5.41, 5.74) is 3.35. The van der Waals surface area contributed by atoms with Crippen molar-refractivity contribution in [3.8, 4) is 39.9 Å². The Labute approximate surface area is 207 Å². The molecule has 0 bridgehead atoms. The van der Waals surface area contributed by atoms with E-state index in [-0.39, 0.29) is 18.4 Å². The maximum Gasteiger partial charge on any atom is 0.303 e. The quantitative estimate of drug-likeness (QED) is 0.344. The number of aromatic nitrogens is 5. The van der Waals surface area contributed by atoms with E-state index in [2.05, 4.69) is 25.1 Å². The topological polar surface area (TPSA) is 114 Å². The van der Waals surface area contributed by atoms with Crippen LogP contribution in [0.15, 0.2) is 60.9 Å². The van der Waals surface area contributed by atoms with Gasteiger partial charge in [0, 0.05) is 46.6 Å². The van der Waals surface area contributed by atoms with Crippen molar-refractivity contribution >= 4 is 17.6 Å². The summed E-state index contributed by atoms with van der Waals surface area (Å²) in [5, 5.41) is 18.0. The van der Waals surface area contributed by atoms with Crippen molar-refractivity contribution in [2.75, 3.05) is 0 Å². The van der Waals surface area contributed by atoms with Gasteiger partial charge in [-0.2, -0.15) is 0 Å². The number of carboxylic acids is 1. The lowest BCUT2D eigenvalue weighted by atomic mass is 9.85. The van der Waals surface area contributed by atoms with Crippen molar-refractivity contribution in [1.29, 1.82) is 0 Å². The minimum Gasteiger partial charge on any atom is -0.481 e. The van der Waals surface area contributed by atoms with E-state index in [1.165, 1.54) is 0 Å². The van der Waals surface area contributed by atoms with E-state index in [1.807, 2.05) is 48.5 Å². The number of aliphatic carboxylic acids is 1. The van der Waals surface area contributed by atoms with Crippen LogP contribution < -0.4 is 4.74 Å². The molecule has 9 heteroatoms. The SMILES string of the molecule is O=C(O)C[C@H]1CC[C@@H](Oc2ccc(-c3ccc(-c4nnc(-c5cccc(Cl)c5)[nH]4)cn3)cn2)CC1. The molecule has 5 rings (SSSR count). The third-order valence-corrected chi connectivity index (χ3v) is 6.43. The van der Waals surface area contributed by atoms with E-state index in [0.717, 1.165) is 48.1 Å². The molecule has 1 saturated carbocycles. The number of H-pyrrole nitrogens is 1. The third-order valence-electron chi connectivity index (χ3n) is 6.20. The molecule has 4 aromatic rings. The van der Waals surface area contributed by atoms with Crippen LogP contribution in [0.3, 0.4) is 0 Å². The molecule has 35 heavy (non-hydrogen) atoms. The fourth-order valence-corrected chi connectivity index (χ4v) is 4.53. The number of pyridine rings is 2. The monoisotopic (exact) mass is 489 g/mol. The summed E-state index contributed by atoms with van der Waals surface area (Å²) < 4.78 is 6.02. The number of rotatable bonds is 7. The highest BCUT2D eigenvalue weighted by molar-refractivity contribution is 6.30. The Morgan fingerprint density at radius 1 is 0.943 bits per heavy atom. The summed E-state index contributed by atoms with van der Waals surface area (Å²) in [6.45, 7) is 0. The number of carboxylic acid groups (broad SMARTS) is 1. The number of ether oxygens (including phenoxy) is 1. The fourth-order valence-electron chi connectivity index (χ4n) is 4.34. The molecule has 2 N–H and O–H groups in total. The average molecular weight is 490 g/mol. The second kappa shape index (κ2) is 10.2. The van der Waals surface area contributed by atoms with Crippen molar-refractivity contribution in [3.63, 3.8) is 0 Å². The average Bonchev–Trinajstić information content (AvgIpc) is 3.36. The molecule has 1 fully saturated rings. The van der Waals surface area contributed by atoms with Crippen molar-refractivity contribution in [2.24, 2.45) is 5.92 Å². The summed E-state index contributed by atoms with van der Waals surface area (Å²) in [7, 11) is 0. The Kier molecular flexibility index (Phi) is 6.72. The van der Waals surface area contributed by atoms with Crippen LogP contribution in [0.5, 0.6) is 5.88 Å². The number of halogens is 1. The van der Waals surface area contributed by atoms with Gasteiger partial charge in [-0.25, -0.2) is 4.98 Å². The number of hydrogen-bond acceptors (Lipinski definition) is 6. The van der Waals surface area contributed by atoms with E-state index < -0.39 is 5.97 Å². The molecule has 0 saturated heterocycles. The van der Waals surface area contributed by atoms with Gasteiger partial charge in [-0.15, -0.1) is 10.2 Å². The smallest absolute Gasteiger partial charge is 0.303 e. The normalized spacial score (nSPS) is 17.7. The summed E-state index contributed by atoms with van der Waals surface area (Å²) >= 11 is 6.07. The molecule has 0 aliphatic heterocycles. The number of nitrogens with zero attached hydrogens (tertiary/aromatic N) is 4. The molecule has 3 aromatic heterocycles. The highest BCUT2D eigenvalue weighted by Crippen LogP contribution is 2.30. The molecule has 178 valence electrons. The van der Waals surface area contributed by atoms with Crippen molar-refractivity contribution in [3.05, 3.63) is 65.9 Å². The van der Waals surface area contributed by atoms with Gasteiger partial charge in [0.1, 0.15) is 6.10 Å². The van der Waals surface area contributed by atoms with Gasteiger partial charge in [0.05, 0.1) is 5.69 Å². The van der Waals surface area contributed by atoms with Gasteiger partial charge in [0.2, 0.25) is 5.88 Å². The molecule has 8 nitrogen and oxygen atoms in total. The first-order valence-electron chi connectivity index (χ1n) is 11.5. The van der Waals surface area contributed by atoms with Crippen LogP contribution in [0.4, 0.5) is 0 Å². The van der Waals surface area contributed by atoms with Crippen molar-refractivity contribution in [1.82, 2.24) is 25.1 Å². The first-order valence-corrected chi connectivity index (χ1v) is 11.9. The van der Waals surface area contributed by atoms with Gasteiger partial charge < -0.3 is 14.8 Å². The number of aromatic amines is 1. The lowest BCUT2D eigenvalue weighted by Crippen LogP contribution is -2.25. The molecule has 0 spiro atoms. The van der Waals surface area contributed by atoms with Gasteiger partial charge in [-0.05, 0) is 61.9 Å². The number of carbonyl (C=O) groups is 1. The first kappa shape index (κ1) is 23.0. The van der Waals surface area contributed by atoms with E-state index in [4.69, 9.17) is 21.4 Å². The zero-order valence-corrected chi connectivity index (χ0v) is 19.7. The number of nitrogens with one attached hydrogen (secondary N) is 1. The van der Waals surface area contributed by atoms with Crippen LogP contribution in [0.1, 0.15) is 32.1 Å². The van der Waals surface area contributed by atoms with Gasteiger partial charge in [0.15, 0.2) is 11.6 Å². The summed E-state index contributed by atoms with van der Waals surface area (Å²) in [5.74, 6) is 1.36. The lowest BCUT2D eigenvalue weighted by Gasteiger charge is -2.27. The fraction of sp³-hybridized carbons (Fsp3) is 0.269. The highest BCUT2D eigenvalue weighted by Gasteiger charge is 2.24. The molecule has 3 heterocycles. The maximum atomic E-state index is 10.9. The minimum atomic E-state index is -0.726. The standard InChI is InChI=1S/C26H24ClN5O3/c27-20-3-1-2-17(13-20)25-30-26(32-31-25)19-6-10-22(28-15-19)18-7-11-23(29-14-18)35-21-8-4-16(5-9-21)12-24(33)34/h1-3,6-7,10-11,13-16,21H,4-5,8-9,12H2,(H,33,34)(H,30,31,32)/t16-,21+. The van der Waals surface area contributed by atoms with Crippen LogP contribution in [-0.2, 0) is 4.79 Å². The molecule has 0 atom stereocenters. The van der Waals surface area contributed by atoms with E-state index in [0.29, 0.717) is 22.6 Å². The maximum absolute atomic E-state index is 10.9. The van der Waals surface area contributed by atoms with Crippen LogP contribution in [-0.4, -0.2) is 42.3 Å². The second-order valence-corrected chi connectivity index (χ2v) is 9.14. The van der Waals surface area contributed by atoms with Crippen LogP contribution in [0.25, 0.3) is 34.0 Å². The zero-order valence-electron chi connectivity index (χ0n) is 18.9. The van der Waals surface area contributed by atoms with Crippen LogP contribution in [0.2, 0.25) is 5.02 Å². The second-order valence-electron chi connectivity index (χ2n) is 8.71. The number of benzene rings is 1. The Balaban J connectivity index is 1.20. The minimum absolute atomic E-state index is 0.0783. The molecule has 0 unspecified atom stereocenters. The van der Waals surface area contributed by atoms with Gasteiger partial charge >= 0.3 is 5.97 Å². The van der Waals surface area contributed by atoms with Crippen molar-refractivity contribution < 1.29 is 14.6 Å². The van der Waals surface area contributed by atoms with Gasteiger partial charge in [0.25, 0.3) is 0 Å². The van der Waals surface area contributed by atoms with Gasteiger partial charge in [-0.1, -0.05) is 23.7 Å². The first-order chi connectivity index (χ1) is 17.0. The molecule has 0 radical (unpaired) electrons. The molecule has 1 aliphatic carbocycles. The lowest BCUT2D eigenvalue weighted by molar-refractivity contribution is -0.138. The van der Waals surface area contributed by atoms with E-state index in [9.17, 15) is 4.79 Å². The van der Waals surface area contributed by atoms with Crippen molar-refractivity contribution in [2.45, 2.75) is 38.2 Å². The largest absolute Gasteiger partial charge is 0.481 e. The summed E-state index contributed by atoms with van der Waals surface area (Å²) in [6.07, 6.45) is 7.26.